The van der Waals surface area contributed by atoms with E-state index in [1.807, 2.05) is 36.4 Å². The summed E-state index contributed by atoms with van der Waals surface area (Å²) in [5.41, 5.74) is 1.23. The van der Waals surface area contributed by atoms with Gasteiger partial charge in [0.05, 0.1) is 0 Å². The molecule has 0 bridgehead atoms. The minimum absolute atomic E-state index is 0.930. The van der Waals surface area contributed by atoms with Crippen LogP contribution in [0.1, 0.15) is 12.0 Å². The summed E-state index contributed by atoms with van der Waals surface area (Å²) < 4.78 is 0. The lowest BCUT2D eigenvalue weighted by Crippen LogP contribution is -1.66. The van der Waals surface area contributed by atoms with E-state index >= 15 is 0 Å². The second kappa shape index (κ2) is 6.01. The van der Waals surface area contributed by atoms with Crippen molar-refractivity contribution in [3.8, 4) is 0 Å². The Kier molecular flexibility index (Phi) is 4.41. The molecule has 0 heteroatoms. The van der Waals surface area contributed by atoms with Gasteiger partial charge in [-0.3, -0.25) is 0 Å². The first kappa shape index (κ1) is 9.53. The summed E-state index contributed by atoms with van der Waals surface area (Å²) in [5.74, 6) is 0. The molecule has 1 aromatic rings. The van der Waals surface area contributed by atoms with Crippen molar-refractivity contribution in [3.63, 3.8) is 0 Å². The van der Waals surface area contributed by atoms with Crippen LogP contribution in [0.3, 0.4) is 0 Å². The highest BCUT2D eigenvalue weighted by Gasteiger charge is 1.79. The molecule has 0 nitrogen and oxygen atoms in total. The zero-order chi connectivity index (χ0) is 9.36. The first-order valence-electron chi connectivity index (χ1n) is 4.42. The smallest absolute Gasteiger partial charge is 0.0169 e. The van der Waals surface area contributed by atoms with Crippen LogP contribution >= 0.6 is 0 Å². The number of benzene rings is 1. The summed E-state index contributed by atoms with van der Waals surface area (Å²) in [5, 5.41) is 0. The summed E-state index contributed by atoms with van der Waals surface area (Å²) >= 11 is 0. The lowest BCUT2D eigenvalue weighted by Gasteiger charge is -1.88. The van der Waals surface area contributed by atoms with Crippen molar-refractivity contribution in [2.75, 3.05) is 0 Å². The van der Waals surface area contributed by atoms with Crippen LogP contribution < -0.4 is 0 Å². The molecule has 0 amide bonds. The van der Waals surface area contributed by atoms with Crippen molar-refractivity contribution in [1.29, 1.82) is 0 Å². The van der Waals surface area contributed by atoms with Gasteiger partial charge in [0, 0.05) is 0 Å². The molecule has 66 valence electrons. The van der Waals surface area contributed by atoms with Gasteiger partial charge in [-0.05, 0) is 12.0 Å². The van der Waals surface area contributed by atoms with Gasteiger partial charge in [-0.2, -0.15) is 0 Å². The molecule has 0 aliphatic rings. The zero-order valence-electron chi connectivity index (χ0n) is 7.69. The molecule has 0 N–H and O–H groups in total. The van der Waals surface area contributed by atoms with Crippen LogP contribution in [0.4, 0.5) is 0 Å². The highest BCUT2D eigenvalue weighted by atomic mass is 13.8. The monoisotopic (exact) mass is 170 g/mol. The van der Waals surface area contributed by atoms with Crippen LogP contribution in [0.25, 0.3) is 6.08 Å². The Labute approximate surface area is 79.9 Å². The quantitative estimate of drug-likeness (QED) is 0.476. The van der Waals surface area contributed by atoms with E-state index in [1.165, 1.54) is 5.56 Å². The van der Waals surface area contributed by atoms with E-state index in [9.17, 15) is 0 Å². The minimum Gasteiger partial charge on any atom is -0.103 e. The fraction of sp³-hybridized carbons (Fsp3) is 0.0769. The topological polar surface area (TPSA) is 0 Å². The summed E-state index contributed by atoms with van der Waals surface area (Å²) in [7, 11) is 0. The first-order chi connectivity index (χ1) is 6.43. The molecule has 0 aromatic heterocycles. The summed E-state index contributed by atoms with van der Waals surface area (Å²) in [4.78, 5) is 0. The number of allylic oxidation sites excluding steroid dienone is 4. The Morgan fingerprint density at radius 1 is 1.08 bits per heavy atom. The highest BCUT2D eigenvalue weighted by molar-refractivity contribution is 5.50. The van der Waals surface area contributed by atoms with Gasteiger partial charge in [0.25, 0.3) is 0 Å². The molecule has 0 unspecified atom stereocenters. The van der Waals surface area contributed by atoms with Gasteiger partial charge >= 0.3 is 0 Å². The molecule has 0 aliphatic heterocycles. The molecular formula is C13H14. The van der Waals surface area contributed by atoms with Crippen LogP contribution in [-0.4, -0.2) is 0 Å². The lowest BCUT2D eigenvalue weighted by atomic mass is 10.2. The predicted molar refractivity (Wildman–Crippen MR) is 59.4 cm³/mol. The van der Waals surface area contributed by atoms with E-state index in [-0.39, 0.29) is 0 Å². The van der Waals surface area contributed by atoms with Gasteiger partial charge in [-0.25, -0.2) is 0 Å². The van der Waals surface area contributed by atoms with Crippen molar-refractivity contribution < 1.29 is 0 Å². The molecule has 1 rings (SSSR count). The van der Waals surface area contributed by atoms with Crippen molar-refractivity contribution in [2.24, 2.45) is 0 Å². The van der Waals surface area contributed by atoms with Gasteiger partial charge in [-0.1, -0.05) is 60.7 Å². The third kappa shape index (κ3) is 4.12. The maximum atomic E-state index is 3.64. The second-order valence-electron chi connectivity index (χ2n) is 2.72. The van der Waals surface area contributed by atoms with Gasteiger partial charge < -0.3 is 0 Å². The van der Waals surface area contributed by atoms with Gasteiger partial charge in [-0.15, -0.1) is 6.58 Å². The lowest BCUT2D eigenvalue weighted by molar-refractivity contribution is 1.41. The largest absolute Gasteiger partial charge is 0.103 e. The predicted octanol–water partition coefficient (Wildman–Crippen LogP) is 3.83. The Hall–Kier alpha value is -1.56. The van der Waals surface area contributed by atoms with Crippen molar-refractivity contribution in [2.45, 2.75) is 6.42 Å². The summed E-state index contributed by atoms with van der Waals surface area (Å²) in [6.45, 7) is 3.64. The van der Waals surface area contributed by atoms with Crippen LogP contribution in [0.15, 0.2) is 61.2 Å². The summed E-state index contributed by atoms with van der Waals surface area (Å²) in [6, 6.07) is 10.3. The SMILES string of the molecule is C=CCC=C/C=C/c1ccccc1. The Bertz CT molecular complexity index is 291. The van der Waals surface area contributed by atoms with Crippen molar-refractivity contribution >= 4 is 6.08 Å². The maximum Gasteiger partial charge on any atom is -0.0169 e. The summed E-state index contributed by atoms with van der Waals surface area (Å²) in [6.07, 6.45) is 11.0. The molecule has 0 atom stereocenters. The Morgan fingerprint density at radius 2 is 1.85 bits per heavy atom. The van der Waals surface area contributed by atoms with Crippen LogP contribution in [0.5, 0.6) is 0 Å². The third-order valence-corrected chi connectivity index (χ3v) is 1.64. The molecule has 1 aromatic carbocycles. The zero-order valence-corrected chi connectivity index (χ0v) is 7.69. The maximum absolute atomic E-state index is 3.64. The second-order valence-corrected chi connectivity index (χ2v) is 2.72. The van der Waals surface area contributed by atoms with Gasteiger partial charge in [0.2, 0.25) is 0 Å². The van der Waals surface area contributed by atoms with E-state index in [1.54, 1.807) is 0 Å². The van der Waals surface area contributed by atoms with Crippen molar-refractivity contribution in [3.05, 3.63) is 66.8 Å². The van der Waals surface area contributed by atoms with Gasteiger partial charge in [0.15, 0.2) is 0 Å². The molecule has 0 saturated heterocycles. The molecule has 0 radical (unpaired) electrons. The van der Waals surface area contributed by atoms with E-state index in [0.717, 1.165) is 6.42 Å². The van der Waals surface area contributed by atoms with E-state index < -0.39 is 0 Å². The van der Waals surface area contributed by atoms with E-state index in [4.69, 9.17) is 0 Å². The van der Waals surface area contributed by atoms with E-state index in [0.29, 0.717) is 0 Å². The Balaban J connectivity index is 2.45. The minimum atomic E-state index is 0.930. The first-order valence-corrected chi connectivity index (χ1v) is 4.42. The molecule has 0 heterocycles. The normalized spacial score (nSPS) is 11.1. The highest BCUT2D eigenvalue weighted by Crippen LogP contribution is 2.00. The fourth-order valence-corrected chi connectivity index (χ4v) is 0.984. The number of rotatable bonds is 4. The standard InChI is InChI=1S/C13H14/c1-2-3-4-5-7-10-13-11-8-6-9-12-13/h2,4-12H,1,3H2/b5-4?,10-7+. The molecular weight excluding hydrogens is 156 g/mol. The van der Waals surface area contributed by atoms with Crippen LogP contribution in [-0.2, 0) is 0 Å². The number of hydrogen-bond acceptors (Lipinski definition) is 0. The third-order valence-electron chi connectivity index (χ3n) is 1.64. The van der Waals surface area contributed by atoms with Crippen LogP contribution in [0.2, 0.25) is 0 Å². The molecule has 0 fully saturated rings. The fourth-order valence-electron chi connectivity index (χ4n) is 0.984. The number of hydrogen-bond donors (Lipinski definition) is 0. The molecule has 0 spiro atoms. The molecule has 0 aliphatic carbocycles. The average Bonchev–Trinajstić information content (AvgIpc) is 2.19. The van der Waals surface area contributed by atoms with Crippen LogP contribution in [0, 0.1) is 0 Å². The van der Waals surface area contributed by atoms with Gasteiger partial charge in [0.1, 0.15) is 0 Å². The molecule has 0 saturated carbocycles. The van der Waals surface area contributed by atoms with Crippen molar-refractivity contribution in [1.82, 2.24) is 0 Å². The van der Waals surface area contributed by atoms with E-state index in [2.05, 4.69) is 30.9 Å². The molecule has 13 heavy (non-hydrogen) atoms. The Morgan fingerprint density at radius 3 is 2.54 bits per heavy atom. The average molecular weight is 170 g/mol.